The van der Waals surface area contributed by atoms with Crippen LogP contribution in [0.15, 0.2) is 48.5 Å². The lowest BCUT2D eigenvalue weighted by molar-refractivity contribution is -0.263. The second kappa shape index (κ2) is 6.78. The Kier molecular flexibility index (Phi) is 5.15. The molecule has 2 aromatic carbocycles. The molecule has 1 unspecified atom stereocenters. The maximum atomic E-state index is 13.3. The van der Waals surface area contributed by atoms with Crippen molar-refractivity contribution in [1.29, 1.82) is 0 Å². The van der Waals surface area contributed by atoms with Gasteiger partial charge in [0.05, 0.1) is 17.1 Å². The molecule has 3 nitrogen and oxygen atoms in total. The highest BCUT2D eigenvalue weighted by Crippen LogP contribution is 2.38. The zero-order valence-corrected chi connectivity index (χ0v) is 12.8. The summed E-state index contributed by atoms with van der Waals surface area (Å²) in [7, 11) is 0. The van der Waals surface area contributed by atoms with E-state index in [0.717, 1.165) is 30.3 Å². The standard InChI is InChI=1S/C16H12ClF4NO2/c17-13-8-11(18)6-7-12(13)14(23)22-9-15(24,16(19,20)21)10-4-2-1-3-5-10/h1-8,24H,9H2,(H,22,23). The number of amides is 1. The Morgan fingerprint density at radius 1 is 1.12 bits per heavy atom. The highest BCUT2D eigenvalue weighted by Gasteiger charge is 2.55. The van der Waals surface area contributed by atoms with Gasteiger partial charge in [0, 0.05) is 0 Å². The molecule has 0 aliphatic rings. The zero-order valence-electron chi connectivity index (χ0n) is 12.1. The van der Waals surface area contributed by atoms with Gasteiger partial charge in [-0.15, -0.1) is 0 Å². The summed E-state index contributed by atoms with van der Waals surface area (Å²) in [6, 6.07) is 9.24. The zero-order chi connectivity index (χ0) is 18.0. The van der Waals surface area contributed by atoms with E-state index in [2.05, 4.69) is 0 Å². The minimum Gasteiger partial charge on any atom is -0.375 e. The van der Waals surface area contributed by atoms with Crippen LogP contribution in [0.4, 0.5) is 17.6 Å². The first kappa shape index (κ1) is 18.2. The van der Waals surface area contributed by atoms with Crippen molar-refractivity contribution >= 4 is 17.5 Å². The highest BCUT2D eigenvalue weighted by atomic mass is 35.5. The summed E-state index contributed by atoms with van der Waals surface area (Å²) < 4.78 is 52.9. The monoisotopic (exact) mass is 361 g/mol. The molecule has 1 atom stereocenters. The molecule has 2 rings (SSSR count). The molecule has 0 fully saturated rings. The fourth-order valence-corrected chi connectivity index (χ4v) is 2.31. The SMILES string of the molecule is O=C(NCC(O)(c1ccccc1)C(F)(F)F)c1ccc(F)cc1Cl. The third-order valence-electron chi connectivity index (χ3n) is 3.40. The molecule has 0 heterocycles. The van der Waals surface area contributed by atoms with E-state index in [4.69, 9.17) is 11.6 Å². The van der Waals surface area contributed by atoms with Crippen LogP contribution in [-0.2, 0) is 5.60 Å². The Balaban J connectivity index is 2.24. The normalized spacial score (nSPS) is 14.1. The number of rotatable bonds is 4. The van der Waals surface area contributed by atoms with Crippen molar-refractivity contribution in [2.75, 3.05) is 6.54 Å². The van der Waals surface area contributed by atoms with Crippen LogP contribution in [0.25, 0.3) is 0 Å². The Morgan fingerprint density at radius 2 is 1.75 bits per heavy atom. The van der Waals surface area contributed by atoms with Crippen LogP contribution in [0.5, 0.6) is 0 Å². The quantitative estimate of drug-likeness (QED) is 0.817. The highest BCUT2D eigenvalue weighted by molar-refractivity contribution is 6.33. The van der Waals surface area contributed by atoms with Crippen LogP contribution in [0.3, 0.4) is 0 Å². The van der Waals surface area contributed by atoms with E-state index < -0.39 is 35.6 Å². The van der Waals surface area contributed by atoms with Crippen molar-refractivity contribution in [3.05, 3.63) is 70.5 Å². The minimum absolute atomic E-state index is 0.198. The lowest BCUT2D eigenvalue weighted by Gasteiger charge is -2.31. The second-order valence-electron chi connectivity index (χ2n) is 5.03. The summed E-state index contributed by atoms with van der Waals surface area (Å²) in [6.45, 7) is -1.12. The van der Waals surface area contributed by atoms with Crippen molar-refractivity contribution in [2.45, 2.75) is 11.8 Å². The molecule has 0 aromatic heterocycles. The van der Waals surface area contributed by atoms with E-state index in [1.807, 2.05) is 5.32 Å². The maximum Gasteiger partial charge on any atom is 0.423 e. The topological polar surface area (TPSA) is 49.3 Å². The van der Waals surface area contributed by atoms with Crippen molar-refractivity contribution < 1.29 is 27.5 Å². The van der Waals surface area contributed by atoms with Crippen LogP contribution in [-0.4, -0.2) is 23.7 Å². The lowest BCUT2D eigenvalue weighted by atomic mass is 9.93. The number of hydrogen-bond acceptors (Lipinski definition) is 2. The van der Waals surface area contributed by atoms with Gasteiger partial charge in [0.2, 0.25) is 5.60 Å². The van der Waals surface area contributed by atoms with E-state index >= 15 is 0 Å². The Hall–Kier alpha value is -2.12. The van der Waals surface area contributed by atoms with Crippen LogP contribution < -0.4 is 5.32 Å². The lowest BCUT2D eigenvalue weighted by Crippen LogP contribution is -2.51. The molecular weight excluding hydrogens is 350 g/mol. The second-order valence-corrected chi connectivity index (χ2v) is 5.44. The fraction of sp³-hybridized carbons (Fsp3) is 0.188. The summed E-state index contributed by atoms with van der Waals surface area (Å²) in [6.07, 6.45) is -5.02. The van der Waals surface area contributed by atoms with Crippen LogP contribution >= 0.6 is 11.6 Å². The van der Waals surface area contributed by atoms with E-state index in [1.165, 1.54) is 18.2 Å². The first-order valence-corrected chi connectivity index (χ1v) is 7.11. The number of aliphatic hydroxyl groups is 1. The average Bonchev–Trinajstić information content (AvgIpc) is 2.52. The first-order chi connectivity index (χ1) is 11.1. The van der Waals surface area contributed by atoms with Crippen LogP contribution in [0.1, 0.15) is 15.9 Å². The largest absolute Gasteiger partial charge is 0.423 e. The summed E-state index contributed by atoms with van der Waals surface area (Å²) in [5.74, 6) is -1.65. The molecule has 8 heteroatoms. The molecule has 0 saturated carbocycles. The Bertz CT molecular complexity index is 737. The molecule has 0 saturated heterocycles. The number of carbonyl (C=O) groups is 1. The van der Waals surface area contributed by atoms with Crippen LogP contribution in [0.2, 0.25) is 5.02 Å². The van der Waals surface area contributed by atoms with Gasteiger partial charge in [-0.1, -0.05) is 41.9 Å². The molecule has 0 spiro atoms. The summed E-state index contributed by atoms with van der Waals surface area (Å²) in [5.41, 5.74) is -3.88. The minimum atomic E-state index is -5.02. The molecule has 1 amide bonds. The van der Waals surface area contributed by atoms with Gasteiger partial charge in [-0.2, -0.15) is 13.2 Å². The van der Waals surface area contributed by atoms with E-state index in [-0.39, 0.29) is 10.6 Å². The van der Waals surface area contributed by atoms with E-state index in [0.29, 0.717) is 0 Å². The van der Waals surface area contributed by atoms with E-state index in [1.54, 1.807) is 0 Å². The molecule has 0 radical (unpaired) electrons. The number of nitrogens with one attached hydrogen (secondary N) is 1. The predicted octanol–water partition coefficient (Wildman–Crippen LogP) is 3.66. The van der Waals surface area contributed by atoms with Gasteiger partial charge in [0.15, 0.2) is 0 Å². The molecule has 24 heavy (non-hydrogen) atoms. The molecule has 2 aromatic rings. The Labute approximate surface area is 139 Å². The van der Waals surface area contributed by atoms with Crippen molar-refractivity contribution in [2.24, 2.45) is 0 Å². The first-order valence-electron chi connectivity index (χ1n) is 6.73. The fourth-order valence-electron chi connectivity index (χ4n) is 2.06. The predicted molar refractivity (Wildman–Crippen MR) is 80.1 cm³/mol. The number of alkyl halides is 3. The van der Waals surface area contributed by atoms with Crippen molar-refractivity contribution in [3.8, 4) is 0 Å². The van der Waals surface area contributed by atoms with Gasteiger partial charge < -0.3 is 10.4 Å². The van der Waals surface area contributed by atoms with Gasteiger partial charge in [-0.3, -0.25) is 4.79 Å². The van der Waals surface area contributed by atoms with E-state index in [9.17, 15) is 27.5 Å². The van der Waals surface area contributed by atoms with Crippen LogP contribution in [0, 0.1) is 5.82 Å². The number of halogens is 5. The van der Waals surface area contributed by atoms with Crippen molar-refractivity contribution in [1.82, 2.24) is 5.32 Å². The van der Waals surface area contributed by atoms with Gasteiger partial charge in [-0.05, 0) is 23.8 Å². The van der Waals surface area contributed by atoms with Gasteiger partial charge in [0.25, 0.3) is 5.91 Å². The third kappa shape index (κ3) is 3.68. The molecular formula is C16H12ClF4NO2. The van der Waals surface area contributed by atoms with Crippen molar-refractivity contribution in [3.63, 3.8) is 0 Å². The average molecular weight is 362 g/mol. The molecule has 0 aliphatic heterocycles. The number of benzene rings is 2. The maximum absolute atomic E-state index is 13.3. The van der Waals surface area contributed by atoms with Gasteiger partial charge in [0.1, 0.15) is 5.82 Å². The Morgan fingerprint density at radius 3 is 2.29 bits per heavy atom. The number of hydrogen-bond donors (Lipinski definition) is 2. The summed E-state index contributed by atoms with van der Waals surface area (Å²) >= 11 is 5.70. The smallest absolute Gasteiger partial charge is 0.375 e. The van der Waals surface area contributed by atoms with Gasteiger partial charge >= 0.3 is 6.18 Å². The van der Waals surface area contributed by atoms with Gasteiger partial charge in [-0.25, -0.2) is 4.39 Å². The molecule has 0 bridgehead atoms. The molecule has 0 aliphatic carbocycles. The number of carbonyl (C=O) groups excluding carboxylic acids is 1. The summed E-state index contributed by atoms with van der Waals surface area (Å²) in [5, 5.41) is 11.8. The summed E-state index contributed by atoms with van der Waals surface area (Å²) in [4.78, 5) is 12.0. The molecule has 128 valence electrons. The molecule has 2 N–H and O–H groups in total. The third-order valence-corrected chi connectivity index (χ3v) is 3.71.